The van der Waals surface area contributed by atoms with Crippen LogP contribution in [0.25, 0.3) is 0 Å². The number of carbonyl (C=O) groups is 6. The average molecular weight is 1040 g/mol. The Balaban J connectivity index is 1.32. The van der Waals surface area contributed by atoms with Gasteiger partial charge in [0, 0.05) is 34.2 Å². The molecule has 74 heavy (non-hydrogen) atoms. The number of amides is 2. The Morgan fingerprint density at radius 3 is 1.70 bits per heavy atom. The van der Waals surface area contributed by atoms with E-state index >= 15 is 0 Å². The van der Waals surface area contributed by atoms with Gasteiger partial charge in [-0.3, -0.25) is 24.0 Å². The van der Waals surface area contributed by atoms with Gasteiger partial charge < -0.3 is 58.7 Å². The summed E-state index contributed by atoms with van der Waals surface area (Å²) in [6.45, 7) is 5.99. The second kappa shape index (κ2) is 32.8. The van der Waals surface area contributed by atoms with Crippen molar-refractivity contribution in [2.24, 2.45) is 0 Å². The number of halogens is 1. The zero-order valence-corrected chi connectivity index (χ0v) is 43.3. The van der Waals surface area contributed by atoms with Crippen LogP contribution >= 0.6 is 0 Å². The summed E-state index contributed by atoms with van der Waals surface area (Å²) < 4.78 is 58.1. The second-order valence-electron chi connectivity index (χ2n) is 18.4. The lowest BCUT2D eigenvalue weighted by Crippen LogP contribution is -2.63. The Morgan fingerprint density at radius 1 is 0.622 bits per heavy atom. The van der Waals surface area contributed by atoms with E-state index in [0.29, 0.717) is 36.3 Å². The molecule has 1 aliphatic heterocycles. The molecule has 4 rings (SSSR count). The third-order valence-electron chi connectivity index (χ3n) is 12.0. The van der Waals surface area contributed by atoms with Crippen LogP contribution in [-0.2, 0) is 65.2 Å². The van der Waals surface area contributed by atoms with Crippen LogP contribution in [-0.4, -0.2) is 115 Å². The van der Waals surface area contributed by atoms with Crippen molar-refractivity contribution in [2.45, 2.75) is 180 Å². The maximum absolute atomic E-state index is 13.3. The van der Waals surface area contributed by atoms with Gasteiger partial charge in [-0.2, -0.15) is 0 Å². The van der Waals surface area contributed by atoms with E-state index in [9.17, 15) is 43.4 Å². The number of carbonyl (C=O) groups excluding carboxylic acids is 6. The van der Waals surface area contributed by atoms with Gasteiger partial charge in [-0.15, -0.1) is 0 Å². The molecule has 0 bridgehead atoms. The molecular formula is C55H75FN2O16. The summed E-state index contributed by atoms with van der Waals surface area (Å²) in [5.74, 6) is -2.72. The predicted molar refractivity (Wildman–Crippen MR) is 268 cm³/mol. The smallest absolute Gasteiger partial charge is 0.407 e. The minimum atomic E-state index is -1.45. The number of nitrogens with one attached hydrogen (secondary N) is 2. The van der Waals surface area contributed by atoms with Crippen LogP contribution in [0.1, 0.15) is 129 Å². The van der Waals surface area contributed by atoms with Crippen LogP contribution in [0, 0.1) is 5.82 Å². The Kier molecular flexibility index (Phi) is 26.7. The lowest BCUT2D eigenvalue weighted by Gasteiger charge is -2.43. The highest BCUT2D eigenvalue weighted by Gasteiger charge is 2.53. The van der Waals surface area contributed by atoms with E-state index in [1.807, 2.05) is 0 Å². The highest BCUT2D eigenvalue weighted by atomic mass is 19.1. The monoisotopic (exact) mass is 1040 g/mol. The lowest BCUT2D eigenvalue weighted by atomic mass is 9.98. The van der Waals surface area contributed by atoms with Crippen LogP contribution in [0.5, 0.6) is 17.2 Å². The molecule has 0 spiro atoms. The number of benzene rings is 3. The second-order valence-corrected chi connectivity index (χ2v) is 18.4. The molecule has 3 aromatic rings. The van der Waals surface area contributed by atoms with Crippen LogP contribution in [0.2, 0.25) is 0 Å². The number of esters is 4. The number of ether oxygens (including phenoxy) is 8. The molecule has 3 unspecified atom stereocenters. The molecule has 1 saturated heterocycles. The Hall–Kier alpha value is -6.31. The summed E-state index contributed by atoms with van der Waals surface area (Å²) in [6, 6.07) is 17.7. The fourth-order valence-corrected chi connectivity index (χ4v) is 8.29. The molecule has 1 fully saturated rings. The molecule has 2 amide bonds. The Labute approximate surface area is 433 Å². The molecule has 1 aliphatic rings. The molecule has 408 valence electrons. The molecule has 0 aliphatic carbocycles. The van der Waals surface area contributed by atoms with Crippen LogP contribution in [0.3, 0.4) is 0 Å². The average Bonchev–Trinajstić information content (AvgIpc) is 3.35. The minimum Gasteiger partial charge on any atom is -0.463 e. The molecule has 0 saturated carbocycles. The number of unbranched alkanes of at least 4 members (excludes halogenated alkanes) is 11. The third-order valence-corrected chi connectivity index (χ3v) is 12.0. The summed E-state index contributed by atoms with van der Waals surface area (Å²) in [6.07, 6.45) is 3.97. The molecule has 3 aromatic carbocycles. The van der Waals surface area contributed by atoms with Gasteiger partial charge >= 0.3 is 30.0 Å². The van der Waals surface area contributed by atoms with E-state index < -0.39 is 104 Å². The predicted octanol–water partition coefficient (Wildman–Crippen LogP) is 7.89. The summed E-state index contributed by atoms with van der Waals surface area (Å²) >= 11 is 0. The van der Waals surface area contributed by atoms with Crippen molar-refractivity contribution < 1.29 is 81.3 Å². The maximum Gasteiger partial charge on any atom is 0.407 e. The number of hydrogen-bond acceptors (Lipinski definition) is 16. The fraction of sp³-hybridized carbons (Fsp3) is 0.564. The van der Waals surface area contributed by atoms with E-state index in [2.05, 4.69) is 17.6 Å². The van der Waals surface area contributed by atoms with Crippen molar-refractivity contribution in [3.05, 3.63) is 89.7 Å². The van der Waals surface area contributed by atoms with Gasteiger partial charge in [-0.05, 0) is 72.5 Å². The number of alkyl carbamates (subject to hydrolysis) is 1. The highest BCUT2D eigenvalue weighted by Crippen LogP contribution is 2.31. The van der Waals surface area contributed by atoms with Gasteiger partial charge in [0.15, 0.2) is 12.2 Å². The lowest BCUT2D eigenvalue weighted by molar-refractivity contribution is -0.288. The first kappa shape index (κ1) is 60.2. The highest BCUT2D eigenvalue weighted by molar-refractivity contribution is 5.79. The molecular weight excluding hydrogens is 964 g/mol. The van der Waals surface area contributed by atoms with Crippen molar-refractivity contribution in [3.63, 3.8) is 0 Å². The van der Waals surface area contributed by atoms with E-state index in [4.69, 9.17) is 37.9 Å². The first-order valence-corrected chi connectivity index (χ1v) is 25.7. The van der Waals surface area contributed by atoms with Crippen LogP contribution in [0.4, 0.5) is 9.18 Å². The molecule has 4 N–H and O–H groups in total. The summed E-state index contributed by atoms with van der Waals surface area (Å²) in [5, 5.41) is 27.8. The minimum absolute atomic E-state index is 0.0900. The van der Waals surface area contributed by atoms with E-state index in [1.165, 1.54) is 82.6 Å². The zero-order valence-electron chi connectivity index (χ0n) is 43.3. The molecule has 1 heterocycles. The molecule has 18 nitrogen and oxygen atoms in total. The molecule has 0 aromatic heterocycles. The van der Waals surface area contributed by atoms with Crippen molar-refractivity contribution in [1.29, 1.82) is 0 Å². The molecule has 8 atom stereocenters. The SMILES string of the molecule is CCCCCCCCCCCCCC[C@@H](O)[C@@H](O)C(COC(=O)NCCc1ccc(O[C@H]2OC(COC(C)=O)[C@@H](OC(C)=O)[C@H](OC(C)=O)C2OC(C)=O)cc1)NC(=O)Cc1ccc(Oc2ccc(F)cc2)cc1. The number of aliphatic hydroxyl groups excluding tert-OH is 2. The van der Waals surface area contributed by atoms with E-state index in [1.54, 1.807) is 48.5 Å². The maximum atomic E-state index is 13.3. The summed E-state index contributed by atoms with van der Waals surface area (Å²) in [5.41, 5.74) is 1.37. The fourth-order valence-electron chi connectivity index (χ4n) is 8.29. The molecule has 19 heteroatoms. The normalized spacial score (nSPS) is 18.4. The first-order chi connectivity index (χ1) is 35.5. The Morgan fingerprint density at radius 2 is 1.14 bits per heavy atom. The molecule has 0 radical (unpaired) electrons. The van der Waals surface area contributed by atoms with Crippen molar-refractivity contribution >= 4 is 35.9 Å². The largest absolute Gasteiger partial charge is 0.463 e. The quantitative estimate of drug-likeness (QED) is 0.0264. The van der Waals surface area contributed by atoms with Gasteiger partial charge in [0.25, 0.3) is 0 Å². The van der Waals surface area contributed by atoms with Crippen LogP contribution < -0.4 is 20.1 Å². The first-order valence-electron chi connectivity index (χ1n) is 25.7. The summed E-state index contributed by atoms with van der Waals surface area (Å²) in [7, 11) is 0. The van der Waals surface area contributed by atoms with E-state index in [0.717, 1.165) is 45.6 Å². The number of aliphatic hydroxyl groups is 2. The van der Waals surface area contributed by atoms with Gasteiger partial charge in [-0.25, -0.2) is 9.18 Å². The number of hydrogen-bond donors (Lipinski definition) is 4. The standard InChI is InChI=1S/C55H75FN2O16/c1-6-7-8-9-10-11-12-13-14-15-16-17-18-47(63)50(65)46(58-49(64)33-41-21-27-43(28-22-41)72-44-29-23-42(56)24-30-44)34-68-55(66)57-32-31-40-19-25-45(26-20-40)73-54-53(71-39(5)62)52(70-38(4)61)51(69-37(3)60)48(74-54)35-67-36(2)59/h19-30,46-48,50-54,63,65H,6-18,31-35H2,1-5H3,(H,57,66)(H,58,64)/t46?,47-,48?,50+,51-,52+,53?,54+/m1/s1. The van der Waals surface area contributed by atoms with Crippen LogP contribution in [0.15, 0.2) is 72.8 Å². The van der Waals surface area contributed by atoms with Gasteiger partial charge in [0.2, 0.25) is 18.3 Å². The van der Waals surface area contributed by atoms with Crippen molar-refractivity contribution in [1.82, 2.24) is 10.6 Å². The van der Waals surface area contributed by atoms with Crippen molar-refractivity contribution in [3.8, 4) is 17.2 Å². The third kappa shape index (κ3) is 22.8. The van der Waals surface area contributed by atoms with Crippen molar-refractivity contribution in [2.75, 3.05) is 19.8 Å². The Bertz CT molecular complexity index is 2180. The summed E-state index contributed by atoms with van der Waals surface area (Å²) in [4.78, 5) is 74.5. The number of rotatable bonds is 32. The topological polar surface area (TPSA) is 241 Å². The zero-order chi connectivity index (χ0) is 53.8. The van der Waals surface area contributed by atoms with Gasteiger partial charge in [0.1, 0.15) is 48.5 Å². The van der Waals surface area contributed by atoms with Gasteiger partial charge in [-0.1, -0.05) is 108 Å². The van der Waals surface area contributed by atoms with E-state index in [-0.39, 0.29) is 18.7 Å². The van der Waals surface area contributed by atoms with Gasteiger partial charge in [0.05, 0.1) is 18.6 Å².